The van der Waals surface area contributed by atoms with E-state index in [1.807, 2.05) is 19.9 Å². The molecule has 1 saturated heterocycles. The summed E-state index contributed by atoms with van der Waals surface area (Å²) in [7, 11) is 1.22. The molecule has 1 N–H and O–H groups in total. The number of aromatic nitrogens is 1. The molecule has 0 radical (unpaired) electrons. The van der Waals surface area contributed by atoms with Gasteiger partial charge in [-0.15, -0.1) is 0 Å². The maximum atomic E-state index is 12.7. The molecule has 2 aromatic rings. The smallest absolute Gasteiger partial charge is 0.329 e. The molecule has 0 spiro atoms. The monoisotopic (exact) mass is 487 g/mol. The quantitative estimate of drug-likeness (QED) is 0.379. The van der Waals surface area contributed by atoms with Crippen molar-refractivity contribution in [3.8, 4) is 5.69 Å². The third kappa shape index (κ3) is 3.67. The molecule has 0 unspecified atom stereocenters. The predicted molar refractivity (Wildman–Crippen MR) is 135 cm³/mol. The lowest BCUT2D eigenvalue weighted by Gasteiger charge is -2.57. The van der Waals surface area contributed by atoms with Crippen LogP contribution in [0.2, 0.25) is 0 Å². The lowest BCUT2D eigenvalue weighted by atomic mass is 9.48. The van der Waals surface area contributed by atoms with Crippen LogP contribution in [0.1, 0.15) is 61.0 Å². The van der Waals surface area contributed by atoms with E-state index in [0.29, 0.717) is 5.41 Å². The number of nitrogens with one attached hydrogen (secondary N) is 1. The van der Waals surface area contributed by atoms with Gasteiger partial charge in [0.05, 0.1) is 7.11 Å². The Morgan fingerprint density at radius 1 is 1.06 bits per heavy atom. The minimum atomic E-state index is -0.644. The predicted octanol–water partition coefficient (Wildman–Crippen LogP) is 4.63. The first-order valence-corrected chi connectivity index (χ1v) is 13.0. The summed E-state index contributed by atoms with van der Waals surface area (Å²) in [6.45, 7) is 3.65. The largest absolute Gasteiger partial charge is 0.468 e. The van der Waals surface area contributed by atoms with E-state index in [9.17, 15) is 14.4 Å². The average molecular weight is 488 g/mol. The second kappa shape index (κ2) is 8.36. The van der Waals surface area contributed by atoms with Crippen molar-refractivity contribution in [2.24, 2.45) is 17.8 Å². The van der Waals surface area contributed by atoms with E-state index in [2.05, 4.69) is 38.9 Å². The van der Waals surface area contributed by atoms with Crippen molar-refractivity contribution < 1.29 is 19.1 Å². The van der Waals surface area contributed by atoms with E-state index in [1.165, 1.54) is 51.2 Å². The van der Waals surface area contributed by atoms with Gasteiger partial charge < -0.3 is 14.6 Å². The number of hydrogen-bond acceptors (Lipinski definition) is 4. The van der Waals surface area contributed by atoms with Crippen molar-refractivity contribution in [1.82, 2.24) is 14.8 Å². The van der Waals surface area contributed by atoms with Crippen LogP contribution in [0, 0.1) is 31.6 Å². The molecule has 36 heavy (non-hydrogen) atoms. The number of carbonyl (C=O) groups excluding carboxylic acids is 3. The Morgan fingerprint density at radius 3 is 2.25 bits per heavy atom. The fourth-order valence-corrected chi connectivity index (χ4v) is 7.82. The van der Waals surface area contributed by atoms with E-state index in [1.54, 1.807) is 6.08 Å². The van der Waals surface area contributed by atoms with Crippen LogP contribution < -0.4 is 5.32 Å². The van der Waals surface area contributed by atoms with Gasteiger partial charge in [-0.2, -0.15) is 0 Å². The number of imide groups is 1. The first kappa shape index (κ1) is 23.1. The number of benzene rings is 1. The van der Waals surface area contributed by atoms with Gasteiger partial charge in [0.2, 0.25) is 0 Å². The van der Waals surface area contributed by atoms with Gasteiger partial charge in [-0.1, -0.05) is 12.1 Å². The topological polar surface area (TPSA) is 80.6 Å². The Kier molecular flexibility index (Phi) is 5.36. The number of nitrogens with zero attached hydrogens (tertiary/aromatic N) is 2. The van der Waals surface area contributed by atoms with Crippen molar-refractivity contribution in [3.05, 3.63) is 58.5 Å². The number of esters is 1. The lowest BCUT2D eigenvalue weighted by Crippen LogP contribution is -2.48. The standard InChI is InChI=1S/C29H33N3O4/c1-17-8-22(12-25-27(34)31(28(35)30-25)16-26(33)36-3)18(2)32(17)24-6-4-23(5-7-24)29-13-19-9-20(14-29)11-21(10-19)15-29/h4-8,12,19-21H,9-11,13-16H2,1-3H3,(H,30,35)/b25-12+. The highest BCUT2D eigenvalue weighted by Gasteiger charge is 2.51. The van der Waals surface area contributed by atoms with Crippen LogP contribution in [0.3, 0.4) is 0 Å². The van der Waals surface area contributed by atoms with Crippen LogP contribution >= 0.6 is 0 Å². The maximum Gasteiger partial charge on any atom is 0.329 e. The zero-order valence-electron chi connectivity index (χ0n) is 21.2. The summed E-state index contributed by atoms with van der Waals surface area (Å²) in [5.41, 5.74) is 6.00. The molecule has 7 heteroatoms. The van der Waals surface area contributed by atoms with Gasteiger partial charge >= 0.3 is 12.0 Å². The van der Waals surface area contributed by atoms with E-state index in [4.69, 9.17) is 0 Å². The molecule has 4 saturated carbocycles. The van der Waals surface area contributed by atoms with Crippen LogP contribution in [-0.2, 0) is 19.7 Å². The lowest BCUT2D eigenvalue weighted by molar-refractivity contribution is -0.143. The summed E-state index contributed by atoms with van der Waals surface area (Å²) >= 11 is 0. The highest BCUT2D eigenvalue weighted by molar-refractivity contribution is 6.15. The van der Waals surface area contributed by atoms with Gasteiger partial charge in [0, 0.05) is 17.1 Å². The Balaban J connectivity index is 1.26. The molecule has 5 fully saturated rings. The normalized spacial score (nSPS) is 29.8. The van der Waals surface area contributed by atoms with Gasteiger partial charge in [-0.3, -0.25) is 9.59 Å². The van der Waals surface area contributed by atoms with Gasteiger partial charge in [0.1, 0.15) is 12.2 Å². The van der Waals surface area contributed by atoms with Crippen LogP contribution in [0.5, 0.6) is 0 Å². The van der Waals surface area contributed by atoms with Gasteiger partial charge in [-0.25, -0.2) is 9.69 Å². The Morgan fingerprint density at radius 2 is 1.67 bits per heavy atom. The number of methoxy groups -OCH3 is 1. The van der Waals surface area contributed by atoms with Crippen LogP contribution in [-0.4, -0.2) is 41.0 Å². The molecular formula is C29H33N3O4. The first-order valence-electron chi connectivity index (χ1n) is 13.0. The van der Waals surface area contributed by atoms with Crippen molar-refractivity contribution in [2.75, 3.05) is 13.7 Å². The van der Waals surface area contributed by atoms with Crippen LogP contribution in [0.15, 0.2) is 36.0 Å². The molecule has 5 aliphatic rings. The molecule has 1 aromatic heterocycles. The molecule has 188 valence electrons. The Hall–Kier alpha value is -3.35. The first-order chi connectivity index (χ1) is 17.3. The number of aryl methyl sites for hydroxylation is 1. The SMILES string of the molecule is COC(=O)CN1C(=O)N/C(=C/c2cc(C)n(-c3ccc(C45CC6CC(CC(C6)C4)C5)cc3)c2C)C1=O. The molecular weight excluding hydrogens is 454 g/mol. The Labute approximate surface area is 211 Å². The molecule has 1 aromatic carbocycles. The zero-order valence-corrected chi connectivity index (χ0v) is 21.2. The number of carbonyl (C=O) groups is 3. The Bertz CT molecular complexity index is 1250. The highest BCUT2D eigenvalue weighted by atomic mass is 16.5. The van der Waals surface area contributed by atoms with E-state index in [-0.39, 0.29) is 5.70 Å². The van der Waals surface area contributed by atoms with Crippen molar-refractivity contribution >= 4 is 24.0 Å². The number of ether oxygens (including phenoxy) is 1. The minimum Gasteiger partial charge on any atom is -0.468 e. The third-order valence-corrected chi connectivity index (χ3v) is 9.02. The fourth-order valence-electron chi connectivity index (χ4n) is 7.82. The number of rotatable bonds is 5. The minimum absolute atomic E-state index is 0.154. The summed E-state index contributed by atoms with van der Waals surface area (Å²) in [5.74, 6) is 1.58. The molecule has 4 bridgehead atoms. The van der Waals surface area contributed by atoms with E-state index >= 15 is 0 Å². The summed E-state index contributed by atoms with van der Waals surface area (Å²) in [4.78, 5) is 37.3. The molecule has 0 atom stereocenters. The molecule has 2 heterocycles. The maximum absolute atomic E-state index is 12.7. The third-order valence-electron chi connectivity index (χ3n) is 9.02. The summed E-state index contributed by atoms with van der Waals surface area (Å²) in [6, 6.07) is 10.5. The summed E-state index contributed by atoms with van der Waals surface area (Å²) < 4.78 is 6.77. The van der Waals surface area contributed by atoms with Gasteiger partial charge in [0.15, 0.2) is 0 Å². The van der Waals surface area contributed by atoms with Crippen molar-refractivity contribution in [1.29, 1.82) is 0 Å². The second-order valence-corrected chi connectivity index (χ2v) is 11.4. The molecule has 7 nitrogen and oxygen atoms in total. The van der Waals surface area contributed by atoms with E-state index in [0.717, 1.165) is 45.3 Å². The highest BCUT2D eigenvalue weighted by Crippen LogP contribution is 2.60. The van der Waals surface area contributed by atoms with Crippen LogP contribution in [0.4, 0.5) is 4.79 Å². The molecule has 1 aliphatic heterocycles. The number of hydrogen-bond donors (Lipinski definition) is 1. The number of urea groups is 1. The fraction of sp³-hybridized carbons (Fsp3) is 0.483. The summed E-state index contributed by atoms with van der Waals surface area (Å²) in [6.07, 6.45) is 10.1. The number of amides is 3. The van der Waals surface area contributed by atoms with Crippen LogP contribution in [0.25, 0.3) is 11.8 Å². The molecule has 4 aliphatic carbocycles. The zero-order chi connectivity index (χ0) is 25.2. The van der Waals surface area contributed by atoms with Crippen molar-refractivity contribution in [2.45, 2.75) is 57.8 Å². The summed E-state index contributed by atoms with van der Waals surface area (Å²) in [5, 5.41) is 2.58. The van der Waals surface area contributed by atoms with Crippen molar-refractivity contribution in [3.63, 3.8) is 0 Å². The molecule has 3 amide bonds. The van der Waals surface area contributed by atoms with E-state index < -0.39 is 24.5 Å². The van der Waals surface area contributed by atoms with Gasteiger partial charge in [0.25, 0.3) is 5.91 Å². The second-order valence-electron chi connectivity index (χ2n) is 11.4. The van der Waals surface area contributed by atoms with Gasteiger partial charge in [-0.05, 0) is 111 Å². The average Bonchev–Trinajstić information content (AvgIpc) is 3.27. The molecule has 7 rings (SSSR count).